The van der Waals surface area contributed by atoms with Crippen LogP contribution in [0.25, 0.3) is 0 Å². The number of benzene rings is 1. The number of nitrogens with one attached hydrogen (secondary N) is 2. The van der Waals surface area contributed by atoms with Crippen molar-refractivity contribution >= 4 is 17.9 Å². The van der Waals surface area contributed by atoms with Crippen LogP contribution in [0.2, 0.25) is 0 Å². The quantitative estimate of drug-likeness (QED) is 0.436. The summed E-state index contributed by atoms with van der Waals surface area (Å²) in [5.41, 5.74) is 0.520. The summed E-state index contributed by atoms with van der Waals surface area (Å²) in [6, 6.07) is 4.27. The maximum Gasteiger partial charge on any atom is 0.339 e. The van der Waals surface area contributed by atoms with Crippen LogP contribution in [-0.2, 0) is 0 Å². The summed E-state index contributed by atoms with van der Waals surface area (Å²) in [7, 11) is 0. The van der Waals surface area contributed by atoms with Crippen molar-refractivity contribution in [3.8, 4) is 5.75 Å². The van der Waals surface area contributed by atoms with Gasteiger partial charge < -0.3 is 20.9 Å². The second-order valence-electron chi connectivity index (χ2n) is 2.96. The molecule has 0 amide bonds. The predicted octanol–water partition coefficient (Wildman–Crippen LogP) is 1.54. The molecule has 0 unspecified atom stereocenters. The second kappa shape index (κ2) is 4.99. The molecule has 0 aliphatic carbocycles. The topological polar surface area (TPSA) is 93.4 Å². The lowest BCUT2D eigenvalue weighted by molar-refractivity contribution is 0.0694. The van der Waals surface area contributed by atoms with E-state index in [4.69, 9.17) is 10.5 Å². The average Bonchev–Trinajstić information content (AvgIpc) is 2.17. The summed E-state index contributed by atoms with van der Waals surface area (Å²) >= 11 is 0. The Morgan fingerprint density at radius 1 is 1.53 bits per heavy atom. The Balaban J connectivity index is 2.73. The number of carboxylic acid groups (broad SMARTS) is 1. The van der Waals surface area contributed by atoms with E-state index in [2.05, 4.69) is 5.32 Å². The molecular formula is C10H12N2O3. The molecule has 5 heteroatoms. The summed E-state index contributed by atoms with van der Waals surface area (Å²) in [5.74, 6) is -1.42. The summed E-state index contributed by atoms with van der Waals surface area (Å²) in [4.78, 5) is 10.6. The molecule has 0 aromatic heterocycles. The molecule has 4 N–H and O–H groups in total. The smallest absolute Gasteiger partial charge is 0.339 e. The lowest BCUT2D eigenvalue weighted by atomic mass is 10.2. The molecule has 1 rings (SSSR count). The van der Waals surface area contributed by atoms with Crippen LogP contribution in [0.3, 0.4) is 0 Å². The summed E-state index contributed by atoms with van der Waals surface area (Å²) in [5, 5.41) is 27.8. The van der Waals surface area contributed by atoms with Gasteiger partial charge in [-0.3, -0.25) is 0 Å². The average molecular weight is 208 g/mol. The van der Waals surface area contributed by atoms with Crippen LogP contribution < -0.4 is 5.32 Å². The summed E-state index contributed by atoms with van der Waals surface area (Å²) in [6.07, 6.45) is 1.86. The van der Waals surface area contributed by atoms with Crippen LogP contribution in [0.5, 0.6) is 5.75 Å². The lowest BCUT2D eigenvalue weighted by Crippen LogP contribution is -2.03. The van der Waals surface area contributed by atoms with E-state index in [-0.39, 0.29) is 11.3 Å². The zero-order valence-electron chi connectivity index (χ0n) is 8.03. The number of rotatable bonds is 5. The molecular weight excluding hydrogens is 196 g/mol. The molecule has 5 nitrogen and oxygen atoms in total. The zero-order valence-corrected chi connectivity index (χ0v) is 8.03. The third-order valence-electron chi connectivity index (χ3n) is 1.85. The van der Waals surface area contributed by atoms with Crippen molar-refractivity contribution in [2.75, 3.05) is 11.9 Å². The molecule has 1 aromatic carbocycles. The largest absolute Gasteiger partial charge is 0.507 e. The Bertz CT molecular complexity index is 377. The molecule has 0 atom stereocenters. The van der Waals surface area contributed by atoms with Gasteiger partial charge in [0.05, 0.1) is 0 Å². The molecule has 0 heterocycles. The summed E-state index contributed by atoms with van der Waals surface area (Å²) in [6.45, 7) is 0.579. The highest BCUT2D eigenvalue weighted by molar-refractivity contribution is 5.91. The third kappa shape index (κ3) is 2.98. The van der Waals surface area contributed by atoms with Crippen molar-refractivity contribution in [2.45, 2.75) is 6.42 Å². The SMILES string of the molecule is N=CCCNc1ccc(C(=O)O)c(O)c1. The van der Waals surface area contributed by atoms with Gasteiger partial charge in [0, 0.05) is 18.3 Å². The van der Waals surface area contributed by atoms with Gasteiger partial charge in [0.1, 0.15) is 11.3 Å². The molecule has 0 saturated heterocycles. The highest BCUT2D eigenvalue weighted by Crippen LogP contribution is 2.21. The van der Waals surface area contributed by atoms with Gasteiger partial charge in [-0.2, -0.15) is 0 Å². The minimum Gasteiger partial charge on any atom is -0.507 e. The standard InChI is InChI=1S/C10H12N2O3/c11-4-1-5-12-7-2-3-8(10(14)15)9(13)6-7/h2-4,6,11-13H,1,5H2,(H,14,15). The van der Waals surface area contributed by atoms with Crippen LogP contribution in [-0.4, -0.2) is 28.9 Å². The maximum atomic E-state index is 10.6. The second-order valence-corrected chi connectivity index (χ2v) is 2.96. The Morgan fingerprint density at radius 3 is 2.80 bits per heavy atom. The van der Waals surface area contributed by atoms with Crippen molar-refractivity contribution < 1.29 is 15.0 Å². The third-order valence-corrected chi connectivity index (χ3v) is 1.85. The fraction of sp³-hybridized carbons (Fsp3) is 0.200. The van der Waals surface area contributed by atoms with Gasteiger partial charge in [0.15, 0.2) is 0 Å². The zero-order chi connectivity index (χ0) is 11.3. The van der Waals surface area contributed by atoms with Gasteiger partial charge in [-0.15, -0.1) is 0 Å². The first-order valence-electron chi connectivity index (χ1n) is 4.44. The van der Waals surface area contributed by atoms with Crippen molar-refractivity contribution in [2.24, 2.45) is 0 Å². The van der Waals surface area contributed by atoms with Crippen LogP contribution in [0, 0.1) is 5.41 Å². The lowest BCUT2D eigenvalue weighted by Gasteiger charge is -2.06. The van der Waals surface area contributed by atoms with Crippen molar-refractivity contribution in [1.82, 2.24) is 0 Å². The minimum absolute atomic E-state index is 0.118. The number of anilines is 1. The van der Waals surface area contributed by atoms with Crippen LogP contribution in [0.1, 0.15) is 16.8 Å². The van der Waals surface area contributed by atoms with E-state index in [1.165, 1.54) is 18.3 Å². The molecule has 80 valence electrons. The molecule has 15 heavy (non-hydrogen) atoms. The molecule has 0 bridgehead atoms. The number of phenols is 1. The van der Waals surface area contributed by atoms with Crippen LogP contribution in [0.4, 0.5) is 5.69 Å². The van der Waals surface area contributed by atoms with E-state index in [1.54, 1.807) is 6.07 Å². The molecule has 0 aliphatic rings. The molecule has 0 radical (unpaired) electrons. The molecule has 0 spiro atoms. The Hall–Kier alpha value is -2.04. The first-order valence-corrected chi connectivity index (χ1v) is 4.44. The first-order chi connectivity index (χ1) is 7.15. The normalized spacial score (nSPS) is 9.60. The molecule has 0 aliphatic heterocycles. The molecule has 0 saturated carbocycles. The van der Waals surface area contributed by atoms with E-state index in [0.29, 0.717) is 18.7 Å². The number of hydrogen-bond donors (Lipinski definition) is 4. The fourth-order valence-electron chi connectivity index (χ4n) is 1.11. The van der Waals surface area contributed by atoms with E-state index >= 15 is 0 Å². The monoisotopic (exact) mass is 208 g/mol. The Morgan fingerprint density at radius 2 is 2.27 bits per heavy atom. The van der Waals surface area contributed by atoms with Gasteiger partial charge in [-0.1, -0.05) is 0 Å². The molecule has 1 aromatic rings. The fourth-order valence-corrected chi connectivity index (χ4v) is 1.11. The van der Waals surface area contributed by atoms with Crippen molar-refractivity contribution in [3.63, 3.8) is 0 Å². The van der Waals surface area contributed by atoms with E-state index < -0.39 is 5.97 Å². The van der Waals surface area contributed by atoms with Crippen molar-refractivity contribution in [3.05, 3.63) is 23.8 Å². The van der Waals surface area contributed by atoms with Gasteiger partial charge >= 0.3 is 5.97 Å². The number of carbonyl (C=O) groups is 1. The number of aromatic hydroxyl groups is 1. The molecule has 0 fully saturated rings. The van der Waals surface area contributed by atoms with Gasteiger partial charge in [-0.05, 0) is 24.8 Å². The minimum atomic E-state index is -1.15. The van der Waals surface area contributed by atoms with E-state index in [1.807, 2.05) is 0 Å². The van der Waals surface area contributed by atoms with Gasteiger partial charge in [-0.25, -0.2) is 4.79 Å². The van der Waals surface area contributed by atoms with E-state index in [0.717, 1.165) is 0 Å². The van der Waals surface area contributed by atoms with E-state index in [9.17, 15) is 9.90 Å². The Kier molecular flexibility index (Phi) is 3.68. The first kappa shape index (κ1) is 11.0. The highest BCUT2D eigenvalue weighted by Gasteiger charge is 2.08. The Labute approximate surface area is 86.9 Å². The van der Waals surface area contributed by atoms with Crippen molar-refractivity contribution in [1.29, 1.82) is 5.41 Å². The maximum absolute atomic E-state index is 10.6. The highest BCUT2D eigenvalue weighted by atomic mass is 16.4. The van der Waals surface area contributed by atoms with Crippen LogP contribution >= 0.6 is 0 Å². The number of hydrogen-bond acceptors (Lipinski definition) is 4. The predicted molar refractivity (Wildman–Crippen MR) is 57.0 cm³/mol. The van der Waals surface area contributed by atoms with Gasteiger partial charge in [0.2, 0.25) is 0 Å². The van der Waals surface area contributed by atoms with Crippen LogP contribution in [0.15, 0.2) is 18.2 Å². The number of carboxylic acids is 1. The van der Waals surface area contributed by atoms with Gasteiger partial charge in [0.25, 0.3) is 0 Å². The number of aromatic carboxylic acids is 1. The summed E-state index contributed by atoms with van der Waals surface area (Å²) < 4.78 is 0.